The number of amidine groups is 1. The highest BCUT2D eigenvalue weighted by Crippen LogP contribution is 2.50. The average molecular weight is 565 g/mol. The van der Waals surface area contributed by atoms with Crippen molar-refractivity contribution in [2.45, 2.75) is 105 Å². The molecule has 0 radical (unpaired) electrons. The van der Waals surface area contributed by atoms with Crippen LogP contribution in [-0.4, -0.2) is 75.9 Å². The van der Waals surface area contributed by atoms with E-state index in [4.69, 9.17) is 4.99 Å². The van der Waals surface area contributed by atoms with Crippen LogP contribution in [0.25, 0.3) is 0 Å². The number of nitrogens with zero attached hydrogens (tertiary/aromatic N) is 4. The topological polar surface area (TPSA) is 76.5 Å². The molecule has 1 N–H and O–H groups in total. The number of aliphatic imine (C=N–C) groups is 1. The van der Waals surface area contributed by atoms with Crippen molar-refractivity contribution < 1.29 is 14.7 Å². The predicted molar refractivity (Wildman–Crippen MR) is 164 cm³/mol. The number of carbonyl (C=O) groups is 2. The number of rotatable bonds is 7. The minimum absolute atomic E-state index is 0.0658. The summed E-state index contributed by atoms with van der Waals surface area (Å²) in [5.41, 5.74) is 1.10. The molecule has 41 heavy (non-hydrogen) atoms. The van der Waals surface area contributed by atoms with Gasteiger partial charge in [-0.1, -0.05) is 53.7 Å². The van der Waals surface area contributed by atoms with Crippen LogP contribution in [0.15, 0.2) is 29.3 Å². The third-order valence-electron chi connectivity index (χ3n) is 10.1. The van der Waals surface area contributed by atoms with Gasteiger partial charge in [0.05, 0.1) is 11.6 Å². The van der Waals surface area contributed by atoms with Crippen molar-refractivity contribution in [2.75, 3.05) is 32.7 Å². The van der Waals surface area contributed by atoms with E-state index < -0.39 is 11.6 Å². The monoisotopic (exact) mass is 564 g/mol. The zero-order chi connectivity index (χ0) is 29.6. The Morgan fingerprint density at radius 2 is 1.59 bits per heavy atom. The number of carbonyl (C=O) groups excluding carboxylic acids is 1. The molecule has 2 saturated carbocycles. The smallest absolute Gasteiger partial charge is 0.335 e. The van der Waals surface area contributed by atoms with Gasteiger partial charge in [-0.05, 0) is 91.7 Å². The van der Waals surface area contributed by atoms with E-state index in [0.717, 1.165) is 76.2 Å². The van der Waals surface area contributed by atoms with Crippen LogP contribution in [0.3, 0.4) is 0 Å². The number of carboxylic acid groups (broad SMARTS) is 1. The van der Waals surface area contributed by atoms with Gasteiger partial charge in [0.15, 0.2) is 5.84 Å². The van der Waals surface area contributed by atoms with Crippen LogP contribution < -0.4 is 0 Å². The van der Waals surface area contributed by atoms with Gasteiger partial charge in [-0.15, -0.1) is 0 Å². The Kier molecular flexibility index (Phi) is 8.32. The minimum atomic E-state index is -0.927. The summed E-state index contributed by atoms with van der Waals surface area (Å²) in [7, 11) is 0. The van der Waals surface area contributed by atoms with E-state index in [1.54, 1.807) is 12.1 Å². The van der Waals surface area contributed by atoms with Gasteiger partial charge >= 0.3 is 5.97 Å². The number of hydrogen-bond donors (Lipinski definition) is 1. The standard InChI is InChI=1S/C34H52N4O3/c1-32(2,3)16-15-28(25-9-11-26(12-10-25)31(40)41)38-30(39)29(37-21-19-36(20-22-37)23-24-7-8-24)35-34(38)17-13-27(14-18-34)33(4,5)6/h9-12,24,27-28H,7-8,13-23H2,1-6H3,(H,40,41)/t27?,28-,34?/m1/s1. The predicted octanol–water partition coefficient (Wildman–Crippen LogP) is 6.45. The van der Waals surface area contributed by atoms with Gasteiger partial charge in [0.1, 0.15) is 5.66 Å². The third kappa shape index (κ3) is 6.81. The van der Waals surface area contributed by atoms with Crippen LogP contribution in [0.1, 0.15) is 115 Å². The lowest BCUT2D eigenvalue weighted by molar-refractivity contribution is -0.134. The SMILES string of the molecule is CC(C)(C)CC[C@H](c1ccc(C(=O)O)cc1)N1C(=O)C(N2CCN(CC3CC3)CC2)=NC12CCC(C(C)(C)C)CC2. The molecule has 0 bridgehead atoms. The highest BCUT2D eigenvalue weighted by atomic mass is 16.4. The van der Waals surface area contributed by atoms with Crippen molar-refractivity contribution in [2.24, 2.45) is 27.7 Å². The Morgan fingerprint density at radius 1 is 0.976 bits per heavy atom. The highest BCUT2D eigenvalue weighted by Gasteiger charge is 2.53. The fourth-order valence-corrected chi connectivity index (χ4v) is 7.20. The van der Waals surface area contributed by atoms with Gasteiger partial charge in [-0.2, -0.15) is 0 Å². The molecule has 0 unspecified atom stereocenters. The Balaban J connectivity index is 1.46. The summed E-state index contributed by atoms with van der Waals surface area (Å²) in [6, 6.07) is 7.08. The fraction of sp³-hybridized carbons (Fsp3) is 0.735. The maximum absolute atomic E-state index is 14.6. The Morgan fingerprint density at radius 3 is 2.10 bits per heavy atom. The van der Waals surface area contributed by atoms with Crippen molar-refractivity contribution >= 4 is 17.7 Å². The van der Waals surface area contributed by atoms with Gasteiger partial charge in [-0.3, -0.25) is 9.69 Å². The van der Waals surface area contributed by atoms with Crippen LogP contribution in [-0.2, 0) is 4.79 Å². The van der Waals surface area contributed by atoms with Crippen molar-refractivity contribution in [3.8, 4) is 0 Å². The number of benzene rings is 1. The molecule has 4 aliphatic rings. The second kappa shape index (κ2) is 11.3. The molecular weight excluding hydrogens is 512 g/mol. The van der Waals surface area contributed by atoms with Crippen molar-refractivity contribution in [1.29, 1.82) is 0 Å². The molecule has 3 fully saturated rings. The number of hydrogen-bond acceptors (Lipinski definition) is 5. The lowest BCUT2D eigenvalue weighted by Crippen LogP contribution is -2.54. The van der Waals surface area contributed by atoms with E-state index in [2.05, 4.69) is 56.2 Å². The molecule has 1 atom stereocenters. The second-order valence-electron chi connectivity index (χ2n) is 15.5. The van der Waals surface area contributed by atoms with Gasteiger partial charge in [0, 0.05) is 32.7 Å². The maximum atomic E-state index is 14.6. The largest absolute Gasteiger partial charge is 0.478 e. The van der Waals surface area contributed by atoms with Crippen molar-refractivity contribution in [3.63, 3.8) is 0 Å². The highest BCUT2D eigenvalue weighted by molar-refractivity contribution is 6.39. The van der Waals surface area contributed by atoms with Crippen molar-refractivity contribution in [1.82, 2.24) is 14.7 Å². The summed E-state index contributed by atoms with van der Waals surface area (Å²) in [5, 5.41) is 9.52. The number of carboxylic acids is 1. The molecule has 7 heteroatoms. The Bertz CT molecular complexity index is 1130. The molecular formula is C34H52N4O3. The minimum Gasteiger partial charge on any atom is -0.478 e. The molecule has 1 saturated heterocycles. The third-order valence-corrected chi connectivity index (χ3v) is 10.1. The normalized spacial score (nSPS) is 26.9. The molecule has 226 valence electrons. The van der Waals surface area contributed by atoms with Crippen LogP contribution >= 0.6 is 0 Å². The summed E-state index contributed by atoms with van der Waals surface area (Å²) >= 11 is 0. The molecule has 2 aliphatic carbocycles. The van der Waals surface area contributed by atoms with E-state index in [1.165, 1.54) is 19.4 Å². The number of piperazine rings is 1. The first-order chi connectivity index (χ1) is 19.3. The first-order valence-corrected chi connectivity index (χ1v) is 16.0. The molecule has 0 aromatic heterocycles. The van der Waals surface area contributed by atoms with Gasteiger partial charge < -0.3 is 14.9 Å². The summed E-state index contributed by atoms with van der Waals surface area (Å²) in [4.78, 5) is 38.6. The van der Waals surface area contributed by atoms with Crippen molar-refractivity contribution in [3.05, 3.63) is 35.4 Å². The fourth-order valence-electron chi connectivity index (χ4n) is 7.20. The lowest BCUT2D eigenvalue weighted by Gasteiger charge is -2.47. The first-order valence-electron chi connectivity index (χ1n) is 16.0. The van der Waals surface area contributed by atoms with Crippen LogP contribution in [0.4, 0.5) is 0 Å². The maximum Gasteiger partial charge on any atom is 0.335 e. The average Bonchev–Trinajstić information content (AvgIpc) is 3.68. The number of amides is 1. The van der Waals surface area contributed by atoms with Crippen LogP contribution in [0.2, 0.25) is 0 Å². The quantitative estimate of drug-likeness (QED) is 0.412. The molecule has 1 amide bonds. The van der Waals surface area contributed by atoms with E-state index in [0.29, 0.717) is 11.8 Å². The Labute approximate surface area is 247 Å². The first kappa shape index (κ1) is 30.1. The van der Waals surface area contributed by atoms with Gasteiger partial charge in [-0.25, -0.2) is 9.79 Å². The summed E-state index contributed by atoms with van der Waals surface area (Å²) in [6.45, 7) is 18.6. The van der Waals surface area contributed by atoms with Crippen LogP contribution in [0.5, 0.6) is 0 Å². The second-order valence-corrected chi connectivity index (χ2v) is 15.5. The van der Waals surface area contributed by atoms with E-state index >= 15 is 0 Å². The van der Waals surface area contributed by atoms with E-state index in [-0.39, 0.29) is 28.3 Å². The molecule has 1 spiro atoms. The van der Waals surface area contributed by atoms with E-state index in [9.17, 15) is 14.7 Å². The molecule has 5 rings (SSSR count). The van der Waals surface area contributed by atoms with Gasteiger partial charge in [0.2, 0.25) is 0 Å². The van der Waals surface area contributed by atoms with E-state index in [1.807, 2.05) is 12.1 Å². The molecule has 2 heterocycles. The Hall–Kier alpha value is -2.41. The molecule has 7 nitrogen and oxygen atoms in total. The lowest BCUT2D eigenvalue weighted by atomic mass is 9.69. The summed E-state index contributed by atoms with van der Waals surface area (Å²) in [6.07, 6.45) is 8.38. The molecule has 1 aromatic rings. The zero-order valence-corrected chi connectivity index (χ0v) is 26.3. The number of aromatic carboxylic acids is 1. The van der Waals surface area contributed by atoms with Gasteiger partial charge in [0.25, 0.3) is 5.91 Å². The summed E-state index contributed by atoms with van der Waals surface area (Å²) < 4.78 is 0. The molecule has 2 aliphatic heterocycles. The zero-order valence-electron chi connectivity index (χ0n) is 26.3. The summed E-state index contributed by atoms with van der Waals surface area (Å²) in [5.74, 6) is 1.28. The molecule has 1 aromatic carbocycles. The van der Waals surface area contributed by atoms with Crippen LogP contribution in [0, 0.1) is 22.7 Å².